The van der Waals surface area contributed by atoms with Gasteiger partial charge in [0.15, 0.2) is 0 Å². The van der Waals surface area contributed by atoms with Crippen molar-refractivity contribution in [1.82, 2.24) is 10.6 Å². The zero-order chi connectivity index (χ0) is 9.94. The van der Waals surface area contributed by atoms with Crippen LogP contribution in [-0.2, 0) is 4.79 Å². The Morgan fingerprint density at radius 1 is 1.38 bits per heavy atom. The summed E-state index contributed by atoms with van der Waals surface area (Å²) in [4.78, 5) is 11.0. The summed E-state index contributed by atoms with van der Waals surface area (Å²) in [7, 11) is 1.82. The van der Waals surface area contributed by atoms with Crippen LogP contribution in [0.15, 0.2) is 0 Å². The van der Waals surface area contributed by atoms with E-state index in [-0.39, 0.29) is 5.91 Å². The second kappa shape index (κ2) is 9.01. The lowest BCUT2D eigenvalue weighted by Gasteiger charge is -2.03. The summed E-state index contributed by atoms with van der Waals surface area (Å²) < 4.78 is 0. The molecule has 4 heteroatoms. The van der Waals surface area contributed by atoms with Crippen LogP contribution in [0.3, 0.4) is 0 Å². The molecule has 0 rings (SSSR count). The van der Waals surface area contributed by atoms with Crippen molar-refractivity contribution in [3.63, 3.8) is 0 Å². The Kier molecular flexibility index (Phi) is 8.26. The topological polar surface area (TPSA) is 64.9 Å². The highest BCUT2D eigenvalue weighted by molar-refractivity contribution is 5.75. The van der Waals surface area contributed by atoms with Crippen LogP contribution in [0.1, 0.15) is 25.7 Å². The lowest BCUT2D eigenvalue weighted by Crippen LogP contribution is -2.27. The number of hydrogen-bond donors (Lipinski definition) is 2. The maximum Gasteiger partial charge on any atom is 0.221 e. The van der Waals surface area contributed by atoms with Gasteiger partial charge in [-0.15, -0.1) is 0 Å². The first-order valence-electron chi connectivity index (χ1n) is 4.59. The van der Waals surface area contributed by atoms with Crippen molar-refractivity contribution in [3.05, 3.63) is 0 Å². The van der Waals surface area contributed by atoms with Gasteiger partial charge in [0, 0.05) is 25.9 Å². The molecular formula is C9H17N3O. The number of amides is 1. The van der Waals surface area contributed by atoms with Crippen molar-refractivity contribution < 1.29 is 4.79 Å². The van der Waals surface area contributed by atoms with E-state index in [9.17, 15) is 4.79 Å². The highest BCUT2D eigenvalue weighted by Crippen LogP contribution is 1.91. The maximum atomic E-state index is 11.0. The van der Waals surface area contributed by atoms with E-state index in [1.165, 1.54) is 0 Å². The molecule has 0 spiro atoms. The molecule has 0 bridgehead atoms. The van der Waals surface area contributed by atoms with Crippen molar-refractivity contribution in [2.45, 2.75) is 25.7 Å². The van der Waals surface area contributed by atoms with E-state index in [2.05, 4.69) is 16.7 Å². The van der Waals surface area contributed by atoms with Gasteiger partial charge in [0.1, 0.15) is 0 Å². The van der Waals surface area contributed by atoms with Crippen molar-refractivity contribution in [1.29, 1.82) is 5.26 Å². The van der Waals surface area contributed by atoms with Gasteiger partial charge in [-0.25, -0.2) is 0 Å². The Labute approximate surface area is 79.3 Å². The normalized spacial score (nSPS) is 9.23. The fraction of sp³-hybridized carbons (Fsp3) is 0.778. The van der Waals surface area contributed by atoms with Crippen molar-refractivity contribution in [2.75, 3.05) is 20.1 Å². The van der Waals surface area contributed by atoms with Crippen LogP contribution in [0.2, 0.25) is 0 Å². The number of rotatable bonds is 7. The maximum absolute atomic E-state index is 11.0. The zero-order valence-electron chi connectivity index (χ0n) is 8.10. The summed E-state index contributed by atoms with van der Waals surface area (Å²) in [5.74, 6) is 0.0753. The van der Waals surface area contributed by atoms with Gasteiger partial charge in [-0.2, -0.15) is 5.26 Å². The minimum absolute atomic E-state index is 0.0753. The van der Waals surface area contributed by atoms with Gasteiger partial charge >= 0.3 is 0 Å². The van der Waals surface area contributed by atoms with Crippen LogP contribution in [0.4, 0.5) is 0 Å². The van der Waals surface area contributed by atoms with Gasteiger partial charge in [-0.05, 0) is 19.9 Å². The summed E-state index contributed by atoms with van der Waals surface area (Å²) >= 11 is 0. The number of nitriles is 1. The van der Waals surface area contributed by atoms with Crippen molar-refractivity contribution in [2.24, 2.45) is 0 Å². The summed E-state index contributed by atoms with van der Waals surface area (Å²) in [5.41, 5.74) is 0. The quantitative estimate of drug-likeness (QED) is 0.562. The van der Waals surface area contributed by atoms with Crippen molar-refractivity contribution in [3.8, 4) is 6.07 Å². The number of carbonyl (C=O) groups is 1. The molecule has 0 atom stereocenters. The molecule has 0 aromatic rings. The van der Waals surface area contributed by atoms with Gasteiger partial charge in [0.05, 0.1) is 6.07 Å². The van der Waals surface area contributed by atoms with Gasteiger partial charge in [-0.1, -0.05) is 0 Å². The average molecular weight is 183 g/mol. The zero-order valence-corrected chi connectivity index (χ0v) is 8.10. The van der Waals surface area contributed by atoms with E-state index in [0.29, 0.717) is 25.9 Å². The second-order valence-electron chi connectivity index (χ2n) is 2.82. The number of carbonyl (C=O) groups excluding carboxylic acids is 1. The molecule has 2 N–H and O–H groups in total. The summed E-state index contributed by atoms with van der Waals surface area (Å²) in [6.45, 7) is 1.40. The Morgan fingerprint density at radius 2 is 2.15 bits per heavy atom. The third kappa shape index (κ3) is 8.83. The Morgan fingerprint density at radius 3 is 2.77 bits per heavy atom. The largest absolute Gasteiger partial charge is 0.356 e. The van der Waals surface area contributed by atoms with Gasteiger partial charge in [0.2, 0.25) is 5.91 Å². The molecule has 4 nitrogen and oxygen atoms in total. The predicted octanol–water partition coefficient (Wildman–Crippen LogP) is 0.406. The molecule has 0 fully saturated rings. The molecule has 0 aromatic heterocycles. The minimum Gasteiger partial charge on any atom is -0.356 e. The lowest BCUT2D eigenvalue weighted by molar-refractivity contribution is -0.120. The third-order valence-corrected chi connectivity index (χ3v) is 1.64. The number of hydrogen-bond acceptors (Lipinski definition) is 3. The smallest absolute Gasteiger partial charge is 0.221 e. The van der Waals surface area contributed by atoms with E-state index >= 15 is 0 Å². The molecule has 0 saturated heterocycles. The molecule has 0 unspecified atom stereocenters. The van der Waals surface area contributed by atoms with Crippen LogP contribution in [0, 0.1) is 11.3 Å². The first kappa shape index (κ1) is 11.9. The Balaban J connectivity index is 3.13. The molecule has 0 aliphatic heterocycles. The number of nitrogens with one attached hydrogen (secondary N) is 2. The number of unbranched alkanes of at least 4 members (excludes halogenated alkanes) is 2. The molecule has 0 aliphatic carbocycles. The number of nitrogens with zero attached hydrogens (tertiary/aromatic N) is 1. The third-order valence-electron chi connectivity index (χ3n) is 1.64. The van der Waals surface area contributed by atoms with Crippen LogP contribution >= 0.6 is 0 Å². The van der Waals surface area contributed by atoms with Gasteiger partial charge < -0.3 is 10.6 Å². The summed E-state index contributed by atoms with van der Waals surface area (Å²) in [6.07, 6.45) is 2.85. The van der Waals surface area contributed by atoms with E-state index in [1.807, 2.05) is 7.05 Å². The minimum atomic E-state index is 0.0753. The van der Waals surface area contributed by atoms with Gasteiger partial charge in [0.25, 0.3) is 0 Å². The SMILES string of the molecule is CNCCC(=O)NCCCCC#N. The second-order valence-corrected chi connectivity index (χ2v) is 2.82. The highest BCUT2D eigenvalue weighted by Gasteiger charge is 1.97. The predicted molar refractivity (Wildman–Crippen MR) is 51.0 cm³/mol. The van der Waals surface area contributed by atoms with E-state index in [0.717, 1.165) is 12.8 Å². The molecule has 0 saturated carbocycles. The fourth-order valence-electron chi connectivity index (χ4n) is 0.884. The molecule has 1 amide bonds. The van der Waals surface area contributed by atoms with Crippen LogP contribution < -0.4 is 10.6 Å². The molecule has 13 heavy (non-hydrogen) atoms. The summed E-state index contributed by atoms with van der Waals surface area (Å²) in [6, 6.07) is 2.07. The fourth-order valence-corrected chi connectivity index (χ4v) is 0.884. The lowest BCUT2D eigenvalue weighted by atomic mass is 10.2. The Bertz CT molecular complexity index is 174. The molecule has 0 radical (unpaired) electrons. The standard InChI is InChI=1S/C9H17N3O/c1-11-8-5-9(13)12-7-4-2-3-6-10/h11H,2-5,7-8H2,1H3,(H,12,13). The van der Waals surface area contributed by atoms with E-state index < -0.39 is 0 Å². The molecule has 0 heterocycles. The monoisotopic (exact) mass is 183 g/mol. The van der Waals surface area contributed by atoms with Crippen LogP contribution in [0.25, 0.3) is 0 Å². The first-order chi connectivity index (χ1) is 6.31. The molecular weight excluding hydrogens is 166 g/mol. The van der Waals surface area contributed by atoms with Crippen LogP contribution in [0.5, 0.6) is 0 Å². The molecule has 0 aliphatic rings. The average Bonchev–Trinajstić information content (AvgIpc) is 2.14. The van der Waals surface area contributed by atoms with E-state index in [4.69, 9.17) is 5.26 Å². The van der Waals surface area contributed by atoms with Crippen LogP contribution in [-0.4, -0.2) is 26.0 Å². The van der Waals surface area contributed by atoms with E-state index in [1.54, 1.807) is 0 Å². The Hall–Kier alpha value is -1.08. The highest BCUT2D eigenvalue weighted by atomic mass is 16.1. The van der Waals surface area contributed by atoms with Crippen molar-refractivity contribution >= 4 is 5.91 Å². The molecule has 74 valence electrons. The summed E-state index contributed by atoms with van der Waals surface area (Å²) in [5, 5.41) is 13.9. The first-order valence-corrected chi connectivity index (χ1v) is 4.59. The van der Waals surface area contributed by atoms with Gasteiger partial charge in [-0.3, -0.25) is 4.79 Å². The molecule has 0 aromatic carbocycles.